The standard InChI is InChI=1S/C27H34N2/c1-26(2,3)20-13-16-23(17-14-20)29(7)25-18-15-21(27(4,5)6)19-24(25)28-22-11-9-8-10-12-22/h8-19,28H,1-7H3. The number of para-hydroxylation sites is 1. The van der Waals surface area contributed by atoms with Gasteiger partial charge in [-0.25, -0.2) is 0 Å². The summed E-state index contributed by atoms with van der Waals surface area (Å²) < 4.78 is 0. The third-order valence-electron chi connectivity index (χ3n) is 5.40. The van der Waals surface area contributed by atoms with Crippen molar-refractivity contribution in [3.8, 4) is 0 Å². The summed E-state index contributed by atoms with van der Waals surface area (Å²) in [6.45, 7) is 13.5. The number of anilines is 4. The maximum Gasteiger partial charge on any atom is 0.0647 e. The SMILES string of the molecule is CN(c1ccc(C(C)(C)C)cc1)c1ccc(C(C)(C)C)cc1Nc1ccccc1. The van der Waals surface area contributed by atoms with Crippen LogP contribution in [-0.2, 0) is 10.8 Å². The lowest BCUT2D eigenvalue weighted by molar-refractivity contribution is 0.590. The zero-order chi connectivity index (χ0) is 21.2. The summed E-state index contributed by atoms with van der Waals surface area (Å²) in [5.41, 5.74) is 7.46. The average molecular weight is 387 g/mol. The first-order valence-electron chi connectivity index (χ1n) is 10.4. The Balaban J connectivity index is 2.00. The van der Waals surface area contributed by atoms with Crippen LogP contribution in [0.5, 0.6) is 0 Å². The lowest BCUT2D eigenvalue weighted by Crippen LogP contribution is -2.16. The molecule has 29 heavy (non-hydrogen) atoms. The molecule has 0 amide bonds. The first kappa shape index (κ1) is 21.0. The molecule has 152 valence electrons. The average Bonchev–Trinajstić information content (AvgIpc) is 2.67. The Labute approximate surface area is 176 Å². The molecule has 1 N–H and O–H groups in total. The molecule has 0 aliphatic carbocycles. The van der Waals surface area contributed by atoms with Crippen molar-refractivity contribution in [2.75, 3.05) is 17.3 Å². The molecule has 0 atom stereocenters. The molecule has 0 saturated heterocycles. The number of rotatable bonds is 4. The van der Waals surface area contributed by atoms with Crippen LogP contribution in [0, 0.1) is 0 Å². The van der Waals surface area contributed by atoms with Crippen LogP contribution >= 0.6 is 0 Å². The van der Waals surface area contributed by atoms with Gasteiger partial charge >= 0.3 is 0 Å². The van der Waals surface area contributed by atoms with E-state index in [1.807, 2.05) is 6.07 Å². The highest BCUT2D eigenvalue weighted by Gasteiger charge is 2.18. The number of benzene rings is 3. The van der Waals surface area contributed by atoms with Gasteiger partial charge in [0, 0.05) is 18.4 Å². The molecule has 3 aromatic carbocycles. The molecule has 0 unspecified atom stereocenters. The minimum atomic E-state index is 0.0958. The van der Waals surface area contributed by atoms with Gasteiger partial charge in [0.25, 0.3) is 0 Å². The van der Waals surface area contributed by atoms with E-state index in [1.165, 1.54) is 16.8 Å². The molecule has 0 fully saturated rings. The molecular formula is C27H34N2. The maximum atomic E-state index is 3.63. The van der Waals surface area contributed by atoms with Crippen LogP contribution in [0.4, 0.5) is 22.7 Å². The van der Waals surface area contributed by atoms with Crippen molar-refractivity contribution in [2.24, 2.45) is 0 Å². The minimum Gasteiger partial charge on any atom is -0.354 e. The number of hydrogen-bond acceptors (Lipinski definition) is 2. The van der Waals surface area contributed by atoms with E-state index in [2.05, 4.69) is 126 Å². The third-order valence-corrected chi connectivity index (χ3v) is 5.40. The fourth-order valence-electron chi connectivity index (χ4n) is 3.40. The van der Waals surface area contributed by atoms with Crippen molar-refractivity contribution < 1.29 is 0 Å². The topological polar surface area (TPSA) is 15.3 Å². The van der Waals surface area contributed by atoms with Gasteiger partial charge in [0.05, 0.1) is 11.4 Å². The highest BCUT2D eigenvalue weighted by Crippen LogP contribution is 2.37. The Bertz CT molecular complexity index is 943. The number of nitrogens with zero attached hydrogens (tertiary/aromatic N) is 1. The molecule has 0 heterocycles. The first-order chi connectivity index (χ1) is 13.6. The van der Waals surface area contributed by atoms with E-state index >= 15 is 0 Å². The summed E-state index contributed by atoms with van der Waals surface area (Å²) in [4.78, 5) is 2.25. The molecular weight excluding hydrogens is 352 g/mol. The highest BCUT2D eigenvalue weighted by atomic mass is 15.1. The van der Waals surface area contributed by atoms with E-state index in [0.717, 1.165) is 17.1 Å². The molecule has 3 aromatic rings. The Kier molecular flexibility index (Phi) is 5.75. The monoisotopic (exact) mass is 386 g/mol. The van der Waals surface area contributed by atoms with Gasteiger partial charge in [-0.1, -0.05) is 77.9 Å². The normalized spacial score (nSPS) is 12.0. The van der Waals surface area contributed by atoms with Crippen molar-refractivity contribution in [3.05, 3.63) is 83.9 Å². The Morgan fingerprint density at radius 1 is 0.655 bits per heavy atom. The van der Waals surface area contributed by atoms with Crippen LogP contribution in [0.25, 0.3) is 0 Å². The Morgan fingerprint density at radius 3 is 1.76 bits per heavy atom. The van der Waals surface area contributed by atoms with Gasteiger partial charge in [0.1, 0.15) is 0 Å². The summed E-state index contributed by atoms with van der Waals surface area (Å²) in [5, 5.41) is 3.63. The van der Waals surface area contributed by atoms with E-state index in [9.17, 15) is 0 Å². The maximum absolute atomic E-state index is 3.63. The smallest absolute Gasteiger partial charge is 0.0647 e. The second kappa shape index (κ2) is 7.94. The second-order valence-electron chi connectivity index (χ2n) is 9.83. The van der Waals surface area contributed by atoms with Crippen molar-refractivity contribution in [3.63, 3.8) is 0 Å². The third kappa shape index (κ3) is 5.00. The van der Waals surface area contributed by atoms with Crippen LogP contribution < -0.4 is 10.2 Å². The van der Waals surface area contributed by atoms with E-state index in [4.69, 9.17) is 0 Å². The van der Waals surface area contributed by atoms with Crippen molar-refractivity contribution >= 4 is 22.7 Å². The summed E-state index contributed by atoms with van der Waals surface area (Å²) in [6, 6.07) is 26.0. The summed E-state index contributed by atoms with van der Waals surface area (Å²) in [5.74, 6) is 0. The minimum absolute atomic E-state index is 0.0958. The van der Waals surface area contributed by atoms with Crippen LogP contribution in [0.3, 0.4) is 0 Å². The van der Waals surface area contributed by atoms with Gasteiger partial charge in [0.2, 0.25) is 0 Å². The van der Waals surface area contributed by atoms with Crippen LogP contribution in [-0.4, -0.2) is 7.05 Å². The molecule has 0 bridgehead atoms. The van der Waals surface area contributed by atoms with Gasteiger partial charge in [0.15, 0.2) is 0 Å². The lowest BCUT2D eigenvalue weighted by atomic mass is 9.86. The van der Waals surface area contributed by atoms with Gasteiger partial charge in [-0.3, -0.25) is 0 Å². The van der Waals surface area contributed by atoms with Gasteiger partial charge < -0.3 is 10.2 Å². The van der Waals surface area contributed by atoms with Crippen molar-refractivity contribution in [1.29, 1.82) is 0 Å². The summed E-state index contributed by atoms with van der Waals surface area (Å²) in [6.07, 6.45) is 0. The Hall–Kier alpha value is -2.74. The van der Waals surface area contributed by atoms with Crippen LogP contribution in [0.15, 0.2) is 72.8 Å². The molecule has 0 spiro atoms. The van der Waals surface area contributed by atoms with Crippen molar-refractivity contribution in [1.82, 2.24) is 0 Å². The number of nitrogens with one attached hydrogen (secondary N) is 1. The molecule has 0 aliphatic heterocycles. The molecule has 0 aliphatic rings. The van der Waals surface area contributed by atoms with Crippen LogP contribution in [0.2, 0.25) is 0 Å². The molecule has 2 heteroatoms. The molecule has 0 aromatic heterocycles. The van der Waals surface area contributed by atoms with Crippen LogP contribution in [0.1, 0.15) is 52.7 Å². The summed E-state index contributed by atoms with van der Waals surface area (Å²) in [7, 11) is 2.13. The van der Waals surface area contributed by atoms with E-state index in [1.54, 1.807) is 0 Å². The van der Waals surface area contributed by atoms with Crippen molar-refractivity contribution in [2.45, 2.75) is 52.4 Å². The second-order valence-corrected chi connectivity index (χ2v) is 9.83. The fraction of sp³-hybridized carbons (Fsp3) is 0.333. The number of hydrogen-bond donors (Lipinski definition) is 1. The Morgan fingerprint density at radius 2 is 1.21 bits per heavy atom. The quantitative estimate of drug-likeness (QED) is 0.492. The van der Waals surface area contributed by atoms with E-state index in [-0.39, 0.29) is 10.8 Å². The summed E-state index contributed by atoms with van der Waals surface area (Å²) >= 11 is 0. The zero-order valence-electron chi connectivity index (χ0n) is 18.9. The zero-order valence-corrected chi connectivity index (χ0v) is 18.9. The molecule has 2 nitrogen and oxygen atoms in total. The van der Waals surface area contributed by atoms with E-state index < -0.39 is 0 Å². The predicted molar refractivity (Wildman–Crippen MR) is 128 cm³/mol. The van der Waals surface area contributed by atoms with E-state index in [0.29, 0.717) is 0 Å². The molecule has 3 rings (SSSR count). The molecule has 0 radical (unpaired) electrons. The van der Waals surface area contributed by atoms with Gasteiger partial charge in [-0.2, -0.15) is 0 Å². The predicted octanol–water partition coefficient (Wildman–Crippen LogP) is 7.79. The van der Waals surface area contributed by atoms with Gasteiger partial charge in [-0.15, -0.1) is 0 Å². The van der Waals surface area contributed by atoms with Gasteiger partial charge in [-0.05, 0) is 58.4 Å². The lowest BCUT2D eigenvalue weighted by Gasteiger charge is -2.27. The largest absolute Gasteiger partial charge is 0.354 e. The first-order valence-corrected chi connectivity index (χ1v) is 10.4. The fourth-order valence-corrected chi connectivity index (χ4v) is 3.40. The highest BCUT2D eigenvalue weighted by molar-refractivity contribution is 5.80. The molecule has 0 saturated carbocycles.